The van der Waals surface area contributed by atoms with Crippen molar-refractivity contribution >= 4 is 11.9 Å². The molecule has 0 spiro atoms. The second-order valence-corrected chi connectivity index (χ2v) is 3.20. The van der Waals surface area contributed by atoms with Crippen LogP contribution in [-0.2, 0) is 4.74 Å². The quantitative estimate of drug-likeness (QED) is 0.459. The third kappa shape index (κ3) is 3.61. The fourth-order valence-electron chi connectivity index (χ4n) is 1.06. The van der Waals surface area contributed by atoms with Gasteiger partial charge < -0.3 is 10.5 Å². The first-order valence-electron chi connectivity index (χ1n) is 4.96. The highest BCUT2D eigenvalue weighted by Crippen LogP contribution is 2.02. The molecule has 1 rings (SSSR count). The van der Waals surface area contributed by atoms with Gasteiger partial charge in [-0.3, -0.25) is 0 Å². The molecule has 0 aliphatic rings. The molecule has 0 aliphatic carbocycles. The molecule has 86 valence electrons. The fourth-order valence-corrected chi connectivity index (χ4v) is 1.06. The summed E-state index contributed by atoms with van der Waals surface area (Å²) < 4.78 is 4.63. The molecule has 0 heterocycles. The van der Waals surface area contributed by atoms with Crippen molar-refractivity contribution in [3.8, 4) is 0 Å². The molecule has 0 unspecified atom stereocenters. The maximum absolute atomic E-state index is 10.9. The summed E-state index contributed by atoms with van der Waals surface area (Å²) >= 11 is 0. The molecule has 0 atom stereocenters. The summed E-state index contributed by atoms with van der Waals surface area (Å²) in [5.74, 6) is 0.244. The Morgan fingerprint density at radius 1 is 1.44 bits per heavy atom. The van der Waals surface area contributed by atoms with Gasteiger partial charge in [0.2, 0.25) is 0 Å². The summed E-state index contributed by atoms with van der Waals surface area (Å²) in [5.41, 5.74) is 9.75. The zero-order chi connectivity index (χ0) is 12.0. The number of hydrazone groups is 1. The smallest absolute Gasteiger partial charge is 0.427 e. The van der Waals surface area contributed by atoms with Gasteiger partial charge in [-0.25, -0.2) is 10.2 Å². The number of carbonyl (C=O) groups is 1. The average Bonchev–Trinajstić information content (AvgIpc) is 2.27. The highest BCUT2D eigenvalue weighted by Gasteiger charge is 2.00. The summed E-state index contributed by atoms with van der Waals surface area (Å²) in [6.07, 6.45) is -0.613. The highest BCUT2D eigenvalue weighted by molar-refractivity contribution is 5.97. The Bertz CT molecular complexity index is 385. The van der Waals surface area contributed by atoms with Crippen LogP contribution in [0.4, 0.5) is 4.79 Å². The Morgan fingerprint density at radius 2 is 2.06 bits per heavy atom. The maximum atomic E-state index is 10.9. The molecule has 5 nitrogen and oxygen atoms in total. The lowest BCUT2D eigenvalue weighted by molar-refractivity contribution is 0.152. The van der Waals surface area contributed by atoms with E-state index >= 15 is 0 Å². The van der Waals surface area contributed by atoms with Crippen molar-refractivity contribution in [1.29, 1.82) is 0 Å². The van der Waals surface area contributed by atoms with Gasteiger partial charge in [-0.05, 0) is 13.8 Å². The van der Waals surface area contributed by atoms with Gasteiger partial charge in [0, 0.05) is 5.56 Å². The van der Waals surface area contributed by atoms with Crippen LogP contribution >= 0.6 is 0 Å². The van der Waals surface area contributed by atoms with Crippen LogP contribution in [0.3, 0.4) is 0 Å². The predicted octanol–water partition coefficient (Wildman–Crippen LogP) is 1.36. The zero-order valence-corrected chi connectivity index (χ0v) is 9.36. The van der Waals surface area contributed by atoms with Gasteiger partial charge in [0.05, 0.1) is 6.61 Å². The lowest BCUT2D eigenvalue weighted by atomic mass is 10.1. The van der Waals surface area contributed by atoms with Crippen LogP contribution in [0.15, 0.2) is 29.4 Å². The molecule has 0 radical (unpaired) electrons. The van der Waals surface area contributed by atoms with Gasteiger partial charge in [0.1, 0.15) is 0 Å². The summed E-state index contributed by atoms with van der Waals surface area (Å²) in [6, 6.07) is 7.51. The van der Waals surface area contributed by atoms with E-state index in [1.165, 1.54) is 0 Å². The summed E-state index contributed by atoms with van der Waals surface area (Å²) in [7, 11) is 0. The molecule has 1 aromatic rings. The van der Waals surface area contributed by atoms with Gasteiger partial charge in [0.25, 0.3) is 0 Å². The Morgan fingerprint density at radius 3 is 2.62 bits per heavy atom. The zero-order valence-electron chi connectivity index (χ0n) is 9.36. The second kappa shape index (κ2) is 5.75. The molecule has 5 heteroatoms. The molecule has 0 saturated carbocycles. The fraction of sp³-hybridized carbons (Fsp3) is 0.273. The lowest BCUT2D eigenvalue weighted by Gasteiger charge is -2.03. The molecule has 3 N–H and O–H groups in total. The molecule has 0 saturated heterocycles. The molecule has 16 heavy (non-hydrogen) atoms. The van der Waals surface area contributed by atoms with Crippen molar-refractivity contribution in [2.45, 2.75) is 13.8 Å². The number of nitrogens with two attached hydrogens (primary N) is 1. The maximum Gasteiger partial charge on any atom is 0.427 e. The summed E-state index contributed by atoms with van der Waals surface area (Å²) in [5, 5.41) is 3.71. The molecular formula is C11H15N3O2. The van der Waals surface area contributed by atoms with Crippen LogP contribution in [0.1, 0.15) is 18.1 Å². The minimum Gasteiger partial charge on any atom is -0.449 e. The van der Waals surface area contributed by atoms with E-state index in [4.69, 9.17) is 5.73 Å². The predicted molar refractivity (Wildman–Crippen MR) is 62.1 cm³/mol. The van der Waals surface area contributed by atoms with Crippen LogP contribution in [0.2, 0.25) is 0 Å². The van der Waals surface area contributed by atoms with Gasteiger partial charge in [-0.2, -0.15) is 5.10 Å². The van der Waals surface area contributed by atoms with Gasteiger partial charge in [0.15, 0.2) is 5.84 Å². The van der Waals surface area contributed by atoms with E-state index < -0.39 is 6.09 Å². The number of amides is 1. The molecule has 1 amide bonds. The highest BCUT2D eigenvalue weighted by atomic mass is 16.5. The van der Waals surface area contributed by atoms with Crippen molar-refractivity contribution < 1.29 is 9.53 Å². The Balaban J connectivity index is 2.63. The van der Waals surface area contributed by atoms with Crippen LogP contribution < -0.4 is 11.2 Å². The number of ether oxygens (including phenoxy) is 1. The normalized spacial score (nSPS) is 11.0. The third-order valence-electron chi connectivity index (χ3n) is 1.89. The van der Waals surface area contributed by atoms with E-state index in [1.807, 2.05) is 31.2 Å². The van der Waals surface area contributed by atoms with Gasteiger partial charge >= 0.3 is 6.09 Å². The number of rotatable bonds is 3. The minimum absolute atomic E-state index is 0.244. The second-order valence-electron chi connectivity index (χ2n) is 3.20. The monoisotopic (exact) mass is 221 g/mol. The van der Waals surface area contributed by atoms with Gasteiger partial charge in [-0.1, -0.05) is 29.8 Å². The molecule has 0 aromatic heterocycles. The Kier molecular flexibility index (Phi) is 4.32. The molecule has 0 bridgehead atoms. The van der Waals surface area contributed by atoms with Crippen molar-refractivity contribution in [2.75, 3.05) is 6.61 Å². The minimum atomic E-state index is -0.613. The summed E-state index contributed by atoms with van der Waals surface area (Å²) in [4.78, 5) is 10.9. The molecule has 0 fully saturated rings. The van der Waals surface area contributed by atoms with Crippen molar-refractivity contribution in [2.24, 2.45) is 10.8 Å². The first kappa shape index (κ1) is 12.0. The van der Waals surface area contributed by atoms with E-state index in [0.29, 0.717) is 6.61 Å². The number of benzene rings is 1. The SMILES string of the molecule is CCOC(=O)NN=C(N)c1ccc(C)cc1. The average molecular weight is 221 g/mol. The van der Waals surface area contributed by atoms with E-state index in [9.17, 15) is 4.79 Å². The number of carbonyl (C=O) groups excluding carboxylic acids is 1. The number of hydrogen-bond donors (Lipinski definition) is 2. The Labute approximate surface area is 94.3 Å². The number of hydrogen-bond acceptors (Lipinski definition) is 3. The van der Waals surface area contributed by atoms with Gasteiger partial charge in [-0.15, -0.1) is 0 Å². The molecule has 1 aromatic carbocycles. The van der Waals surface area contributed by atoms with Crippen LogP contribution in [-0.4, -0.2) is 18.5 Å². The van der Waals surface area contributed by atoms with Crippen molar-refractivity contribution in [3.63, 3.8) is 0 Å². The molecule has 0 aliphatic heterocycles. The number of amidine groups is 1. The van der Waals surface area contributed by atoms with Crippen LogP contribution in [0.5, 0.6) is 0 Å². The largest absolute Gasteiger partial charge is 0.449 e. The van der Waals surface area contributed by atoms with E-state index in [0.717, 1.165) is 11.1 Å². The summed E-state index contributed by atoms with van der Waals surface area (Å²) in [6.45, 7) is 3.99. The first-order valence-corrected chi connectivity index (χ1v) is 4.96. The number of aryl methyl sites for hydroxylation is 1. The van der Waals surface area contributed by atoms with E-state index in [2.05, 4.69) is 15.3 Å². The van der Waals surface area contributed by atoms with Crippen LogP contribution in [0.25, 0.3) is 0 Å². The topological polar surface area (TPSA) is 76.7 Å². The van der Waals surface area contributed by atoms with Crippen molar-refractivity contribution in [3.05, 3.63) is 35.4 Å². The number of nitrogens with one attached hydrogen (secondary N) is 1. The van der Waals surface area contributed by atoms with E-state index in [1.54, 1.807) is 6.92 Å². The Hall–Kier alpha value is -2.04. The third-order valence-corrected chi connectivity index (χ3v) is 1.89. The van der Waals surface area contributed by atoms with Crippen molar-refractivity contribution in [1.82, 2.24) is 5.43 Å². The van der Waals surface area contributed by atoms with E-state index in [-0.39, 0.29) is 5.84 Å². The van der Waals surface area contributed by atoms with Crippen LogP contribution in [0, 0.1) is 6.92 Å². The number of nitrogens with zero attached hydrogens (tertiary/aromatic N) is 1. The first-order chi connectivity index (χ1) is 7.63. The standard InChI is InChI=1S/C11H15N3O2/c1-3-16-11(15)14-13-10(12)9-6-4-8(2)5-7-9/h4-7H,3H2,1-2H3,(H2,12,13)(H,14,15). The molecular weight excluding hydrogens is 206 g/mol. The lowest BCUT2D eigenvalue weighted by Crippen LogP contribution is -2.24.